The Bertz CT molecular complexity index is 852. The number of ketones is 1. The molecule has 0 fully saturated rings. The standard InChI is InChI=1S/C23H29NO6/c1-14(2)22(30-17-9-7-6-8-10-17)16(4)29-23(27)15(3)13-18(25)20-21(26)19(28-5)11-12-24-20/h6-12,14-16,22,26H,13H2,1-5H3/t15-,16-,22+/m0/s1. The molecule has 1 N–H and O–H groups in total. The molecule has 0 aliphatic heterocycles. The second-order valence-electron chi connectivity index (χ2n) is 7.52. The van der Waals surface area contributed by atoms with E-state index in [2.05, 4.69) is 4.98 Å². The van der Waals surface area contributed by atoms with Crippen LogP contribution in [0, 0.1) is 11.8 Å². The molecule has 3 atom stereocenters. The summed E-state index contributed by atoms with van der Waals surface area (Å²) in [6.45, 7) is 7.35. The normalized spacial score (nSPS) is 13.9. The molecular formula is C23H29NO6. The number of hydrogen-bond acceptors (Lipinski definition) is 7. The van der Waals surface area contributed by atoms with Crippen LogP contribution in [0.3, 0.4) is 0 Å². The third kappa shape index (κ3) is 5.95. The van der Waals surface area contributed by atoms with Gasteiger partial charge in [-0.05, 0) is 25.0 Å². The summed E-state index contributed by atoms with van der Waals surface area (Å²) in [5.74, 6) is -1.09. The van der Waals surface area contributed by atoms with Crippen LogP contribution in [0.4, 0.5) is 0 Å². The highest BCUT2D eigenvalue weighted by Crippen LogP contribution is 2.29. The summed E-state index contributed by atoms with van der Waals surface area (Å²) in [7, 11) is 1.38. The van der Waals surface area contributed by atoms with Crippen LogP contribution in [0.15, 0.2) is 42.6 Å². The molecule has 2 rings (SSSR count). The molecule has 0 aliphatic rings. The molecule has 1 heterocycles. The van der Waals surface area contributed by atoms with Gasteiger partial charge in [-0.15, -0.1) is 0 Å². The van der Waals surface area contributed by atoms with Crippen molar-refractivity contribution in [3.05, 3.63) is 48.3 Å². The van der Waals surface area contributed by atoms with Crippen molar-refractivity contribution in [2.45, 2.75) is 46.3 Å². The smallest absolute Gasteiger partial charge is 0.309 e. The van der Waals surface area contributed by atoms with Gasteiger partial charge in [-0.2, -0.15) is 0 Å². The van der Waals surface area contributed by atoms with Gasteiger partial charge in [0.05, 0.1) is 13.0 Å². The highest BCUT2D eigenvalue weighted by Gasteiger charge is 2.29. The molecule has 0 bridgehead atoms. The van der Waals surface area contributed by atoms with Crippen LogP contribution in [0.25, 0.3) is 0 Å². The van der Waals surface area contributed by atoms with E-state index in [0.29, 0.717) is 5.75 Å². The lowest BCUT2D eigenvalue weighted by Crippen LogP contribution is -2.38. The van der Waals surface area contributed by atoms with Gasteiger partial charge in [0, 0.05) is 18.7 Å². The molecule has 30 heavy (non-hydrogen) atoms. The zero-order valence-corrected chi connectivity index (χ0v) is 18.0. The fraction of sp³-hybridized carbons (Fsp3) is 0.435. The second-order valence-corrected chi connectivity index (χ2v) is 7.52. The fourth-order valence-electron chi connectivity index (χ4n) is 3.06. The van der Waals surface area contributed by atoms with Crippen molar-refractivity contribution < 1.29 is 28.9 Å². The first-order valence-electron chi connectivity index (χ1n) is 9.91. The van der Waals surface area contributed by atoms with Gasteiger partial charge >= 0.3 is 5.97 Å². The Morgan fingerprint density at radius 2 is 1.73 bits per heavy atom. The molecule has 7 nitrogen and oxygen atoms in total. The number of Topliss-reactive ketones (excluding diaryl/α,β-unsaturated/α-hetero) is 1. The van der Waals surface area contributed by atoms with Crippen LogP contribution >= 0.6 is 0 Å². The van der Waals surface area contributed by atoms with Crippen molar-refractivity contribution >= 4 is 11.8 Å². The molecule has 0 unspecified atom stereocenters. The number of hydrogen-bond donors (Lipinski definition) is 1. The minimum absolute atomic E-state index is 0.0999. The fourth-order valence-corrected chi connectivity index (χ4v) is 3.06. The summed E-state index contributed by atoms with van der Waals surface area (Å²) in [6.07, 6.45) is 0.359. The Morgan fingerprint density at radius 3 is 2.33 bits per heavy atom. The quantitative estimate of drug-likeness (QED) is 0.462. The van der Waals surface area contributed by atoms with E-state index in [0.717, 1.165) is 0 Å². The van der Waals surface area contributed by atoms with Crippen LogP contribution in [0.5, 0.6) is 17.2 Å². The van der Waals surface area contributed by atoms with Crippen LogP contribution in [0.1, 0.15) is 44.6 Å². The number of methoxy groups -OCH3 is 1. The van der Waals surface area contributed by atoms with E-state index in [1.165, 1.54) is 19.4 Å². The van der Waals surface area contributed by atoms with E-state index in [4.69, 9.17) is 14.2 Å². The summed E-state index contributed by atoms with van der Waals surface area (Å²) in [5.41, 5.74) is -0.130. The first-order chi connectivity index (χ1) is 14.2. The summed E-state index contributed by atoms with van der Waals surface area (Å²) >= 11 is 0. The van der Waals surface area contributed by atoms with Gasteiger partial charge in [-0.3, -0.25) is 9.59 Å². The number of benzene rings is 1. The molecule has 0 saturated carbocycles. The number of pyridine rings is 1. The lowest BCUT2D eigenvalue weighted by molar-refractivity contribution is -0.158. The van der Waals surface area contributed by atoms with Crippen molar-refractivity contribution in [1.82, 2.24) is 4.98 Å². The predicted octanol–water partition coefficient (Wildman–Crippen LogP) is 4.04. The molecular weight excluding hydrogens is 386 g/mol. The van der Waals surface area contributed by atoms with Crippen molar-refractivity contribution in [1.29, 1.82) is 0 Å². The van der Waals surface area contributed by atoms with Crippen molar-refractivity contribution in [3.63, 3.8) is 0 Å². The van der Waals surface area contributed by atoms with Gasteiger partial charge in [0.15, 0.2) is 23.0 Å². The average molecular weight is 415 g/mol. The average Bonchev–Trinajstić information content (AvgIpc) is 2.72. The maximum Gasteiger partial charge on any atom is 0.309 e. The summed E-state index contributed by atoms with van der Waals surface area (Å²) in [4.78, 5) is 29.0. The minimum atomic E-state index is -0.711. The predicted molar refractivity (Wildman–Crippen MR) is 112 cm³/mol. The van der Waals surface area contributed by atoms with Crippen LogP contribution in [0.2, 0.25) is 0 Å². The lowest BCUT2D eigenvalue weighted by atomic mass is 10.0. The molecule has 1 aromatic heterocycles. The summed E-state index contributed by atoms with van der Waals surface area (Å²) in [6, 6.07) is 10.8. The van der Waals surface area contributed by atoms with Gasteiger partial charge in [-0.1, -0.05) is 39.0 Å². The number of carbonyl (C=O) groups excluding carboxylic acids is 2. The Morgan fingerprint density at radius 1 is 1.07 bits per heavy atom. The lowest BCUT2D eigenvalue weighted by Gasteiger charge is -2.29. The number of aromatic nitrogens is 1. The topological polar surface area (TPSA) is 95.0 Å². The van der Waals surface area contributed by atoms with Crippen LogP contribution in [-0.4, -0.2) is 41.2 Å². The van der Waals surface area contributed by atoms with Crippen LogP contribution < -0.4 is 9.47 Å². The van der Waals surface area contributed by atoms with E-state index in [1.807, 2.05) is 44.2 Å². The maximum absolute atomic E-state index is 12.6. The number of aromatic hydroxyl groups is 1. The largest absolute Gasteiger partial charge is 0.503 e. The molecule has 0 saturated heterocycles. The van der Waals surface area contributed by atoms with Gasteiger partial charge < -0.3 is 19.3 Å². The molecule has 0 aliphatic carbocycles. The van der Waals surface area contributed by atoms with Gasteiger partial charge in [-0.25, -0.2) is 4.98 Å². The molecule has 0 spiro atoms. The van der Waals surface area contributed by atoms with Gasteiger partial charge in [0.25, 0.3) is 0 Å². The minimum Gasteiger partial charge on any atom is -0.503 e. The van der Waals surface area contributed by atoms with E-state index in [9.17, 15) is 14.7 Å². The monoisotopic (exact) mass is 415 g/mol. The van der Waals surface area contributed by atoms with Crippen LogP contribution in [-0.2, 0) is 9.53 Å². The zero-order chi connectivity index (χ0) is 22.3. The molecule has 2 aromatic rings. The highest BCUT2D eigenvalue weighted by atomic mass is 16.6. The first-order valence-corrected chi connectivity index (χ1v) is 9.91. The number of esters is 1. The van der Waals surface area contributed by atoms with E-state index < -0.39 is 23.8 Å². The second kappa shape index (κ2) is 10.6. The highest BCUT2D eigenvalue weighted by molar-refractivity contribution is 5.99. The Kier molecular flexibility index (Phi) is 8.21. The summed E-state index contributed by atoms with van der Waals surface area (Å²) < 4.78 is 16.6. The number of carbonyl (C=O) groups is 2. The van der Waals surface area contributed by atoms with E-state index >= 15 is 0 Å². The molecule has 1 aromatic carbocycles. The van der Waals surface area contributed by atoms with E-state index in [-0.39, 0.29) is 35.6 Å². The number of para-hydroxylation sites is 1. The number of ether oxygens (including phenoxy) is 3. The Balaban J connectivity index is 2.00. The summed E-state index contributed by atoms with van der Waals surface area (Å²) in [5, 5.41) is 10.1. The van der Waals surface area contributed by atoms with Gasteiger partial charge in [0.2, 0.25) is 0 Å². The third-order valence-corrected chi connectivity index (χ3v) is 4.70. The molecule has 162 valence electrons. The van der Waals surface area contributed by atoms with Crippen molar-refractivity contribution in [3.8, 4) is 17.2 Å². The number of rotatable bonds is 10. The number of nitrogens with zero attached hydrogens (tertiary/aromatic N) is 1. The first kappa shape index (κ1) is 23.2. The van der Waals surface area contributed by atoms with Crippen molar-refractivity contribution in [2.24, 2.45) is 11.8 Å². The Hall–Kier alpha value is -3.09. The molecule has 7 heteroatoms. The molecule has 0 radical (unpaired) electrons. The SMILES string of the molecule is COc1ccnc(C(=O)C[C@H](C)C(=O)O[C@@H](C)[C@H](Oc2ccccc2)C(C)C)c1O. The van der Waals surface area contributed by atoms with Crippen molar-refractivity contribution in [2.75, 3.05) is 7.11 Å². The van der Waals surface area contributed by atoms with Gasteiger partial charge in [0.1, 0.15) is 18.0 Å². The molecule has 0 amide bonds. The van der Waals surface area contributed by atoms with E-state index in [1.54, 1.807) is 13.8 Å². The maximum atomic E-state index is 12.6. The Labute approximate surface area is 177 Å². The zero-order valence-electron chi connectivity index (χ0n) is 18.0. The third-order valence-electron chi connectivity index (χ3n) is 4.70.